The molecule has 2 heterocycles. The summed E-state index contributed by atoms with van der Waals surface area (Å²) >= 11 is 0. The van der Waals surface area contributed by atoms with E-state index in [9.17, 15) is 8.42 Å². The number of nitrogens with one attached hydrogen (secondary N) is 1. The Hall–Kier alpha value is -1.14. The predicted octanol–water partition coefficient (Wildman–Crippen LogP) is 0.917. The van der Waals surface area contributed by atoms with Crippen LogP contribution in [0.2, 0.25) is 0 Å². The van der Waals surface area contributed by atoms with E-state index in [4.69, 9.17) is 0 Å². The summed E-state index contributed by atoms with van der Waals surface area (Å²) in [6.07, 6.45) is 4.84. The number of sulfonamides is 1. The molecule has 0 amide bonds. The molecule has 1 aromatic heterocycles. The van der Waals surface area contributed by atoms with Gasteiger partial charge in [0.05, 0.1) is 6.26 Å². The number of aromatic nitrogens is 1. The third kappa shape index (κ3) is 3.41. The Balaban J connectivity index is 1.99. The summed E-state index contributed by atoms with van der Waals surface area (Å²) in [5.41, 5.74) is 0. The van der Waals surface area contributed by atoms with Crippen LogP contribution in [-0.4, -0.2) is 43.1 Å². The third-order valence-corrected chi connectivity index (χ3v) is 4.14. The second-order valence-corrected chi connectivity index (χ2v) is 6.30. The minimum atomic E-state index is -3.08. The lowest BCUT2D eigenvalue weighted by molar-refractivity contribution is 0.329. The van der Waals surface area contributed by atoms with Crippen LogP contribution in [0.15, 0.2) is 24.4 Å². The molecule has 0 spiro atoms. The highest BCUT2D eigenvalue weighted by atomic mass is 32.2. The van der Waals surface area contributed by atoms with Crippen LogP contribution in [0.3, 0.4) is 0 Å². The number of rotatable bonds is 3. The molecule has 0 bridgehead atoms. The van der Waals surface area contributed by atoms with Crippen molar-refractivity contribution in [3.63, 3.8) is 0 Å². The fourth-order valence-corrected chi connectivity index (χ4v) is 2.93. The van der Waals surface area contributed by atoms with Crippen molar-refractivity contribution >= 4 is 15.8 Å². The van der Waals surface area contributed by atoms with Crippen molar-refractivity contribution in [2.45, 2.75) is 18.9 Å². The van der Waals surface area contributed by atoms with E-state index in [1.165, 1.54) is 10.6 Å². The third-order valence-electron chi connectivity index (χ3n) is 2.87. The summed E-state index contributed by atoms with van der Waals surface area (Å²) in [7, 11) is -3.08. The summed E-state index contributed by atoms with van der Waals surface area (Å²) in [4.78, 5) is 4.18. The molecule has 1 unspecified atom stereocenters. The Morgan fingerprint density at radius 3 is 2.94 bits per heavy atom. The molecule has 94 valence electrons. The van der Waals surface area contributed by atoms with E-state index in [0.717, 1.165) is 18.7 Å². The highest BCUT2D eigenvalue weighted by Crippen LogP contribution is 2.16. The number of anilines is 1. The highest BCUT2D eigenvalue weighted by molar-refractivity contribution is 7.88. The maximum Gasteiger partial charge on any atom is 0.211 e. The number of pyridine rings is 1. The van der Waals surface area contributed by atoms with Crippen LogP contribution in [0.5, 0.6) is 0 Å². The van der Waals surface area contributed by atoms with E-state index in [1.54, 1.807) is 6.20 Å². The van der Waals surface area contributed by atoms with Crippen molar-refractivity contribution in [1.29, 1.82) is 0 Å². The maximum absolute atomic E-state index is 11.5. The first kappa shape index (κ1) is 12.3. The van der Waals surface area contributed by atoms with Gasteiger partial charge in [0.2, 0.25) is 10.0 Å². The minimum absolute atomic E-state index is 0.147. The molecule has 1 saturated heterocycles. The molecule has 2 rings (SSSR count). The van der Waals surface area contributed by atoms with Gasteiger partial charge in [0.15, 0.2) is 0 Å². The molecule has 1 atom stereocenters. The van der Waals surface area contributed by atoms with Crippen LogP contribution in [0.4, 0.5) is 5.82 Å². The molecule has 6 heteroatoms. The Kier molecular flexibility index (Phi) is 3.63. The van der Waals surface area contributed by atoms with Crippen LogP contribution in [0.1, 0.15) is 12.8 Å². The molecule has 1 N–H and O–H groups in total. The summed E-state index contributed by atoms with van der Waals surface area (Å²) < 4.78 is 24.5. The first-order chi connectivity index (χ1) is 8.05. The van der Waals surface area contributed by atoms with Gasteiger partial charge >= 0.3 is 0 Å². The van der Waals surface area contributed by atoms with Crippen LogP contribution in [0, 0.1) is 0 Å². The summed E-state index contributed by atoms with van der Waals surface area (Å²) in [5, 5.41) is 3.27. The molecule has 0 aliphatic carbocycles. The van der Waals surface area contributed by atoms with Crippen molar-refractivity contribution < 1.29 is 8.42 Å². The van der Waals surface area contributed by atoms with Crippen LogP contribution < -0.4 is 5.32 Å². The average molecular weight is 255 g/mol. The van der Waals surface area contributed by atoms with Gasteiger partial charge in [-0.1, -0.05) is 6.07 Å². The summed E-state index contributed by atoms with van der Waals surface area (Å²) in [5.74, 6) is 0.799. The van der Waals surface area contributed by atoms with E-state index >= 15 is 0 Å². The molecular weight excluding hydrogens is 238 g/mol. The van der Waals surface area contributed by atoms with E-state index in [2.05, 4.69) is 10.3 Å². The topological polar surface area (TPSA) is 62.3 Å². The lowest BCUT2D eigenvalue weighted by Crippen LogP contribution is -2.44. The van der Waals surface area contributed by atoms with Crippen molar-refractivity contribution in [3.8, 4) is 0 Å². The SMILES string of the molecule is CS(=O)(=O)N1CCCC(Nc2ccccn2)C1. The fourth-order valence-electron chi connectivity index (χ4n) is 2.02. The van der Waals surface area contributed by atoms with Crippen LogP contribution in [-0.2, 0) is 10.0 Å². The summed E-state index contributed by atoms with van der Waals surface area (Å²) in [6.45, 7) is 1.15. The molecular formula is C11H17N3O2S. The molecule has 1 aliphatic heterocycles. The Bertz CT molecular complexity index is 461. The van der Waals surface area contributed by atoms with Gasteiger partial charge < -0.3 is 5.32 Å². The van der Waals surface area contributed by atoms with Gasteiger partial charge in [0.1, 0.15) is 5.82 Å². The number of hydrogen-bond donors (Lipinski definition) is 1. The van der Waals surface area contributed by atoms with Gasteiger partial charge in [0.25, 0.3) is 0 Å². The predicted molar refractivity (Wildman–Crippen MR) is 67.3 cm³/mol. The zero-order chi connectivity index (χ0) is 12.3. The monoisotopic (exact) mass is 255 g/mol. The van der Waals surface area contributed by atoms with Gasteiger partial charge in [-0.25, -0.2) is 17.7 Å². The van der Waals surface area contributed by atoms with Crippen molar-refractivity contribution in [2.75, 3.05) is 24.7 Å². The molecule has 1 fully saturated rings. The zero-order valence-electron chi connectivity index (χ0n) is 9.83. The van der Waals surface area contributed by atoms with Gasteiger partial charge in [0, 0.05) is 25.3 Å². The second-order valence-electron chi connectivity index (χ2n) is 4.32. The van der Waals surface area contributed by atoms with Crippen molar-refractivity contribution in [1.82, 2.24) is 9.29 Å². The maximum atomic E-state index is 11.5. The first-order valence-electron chi connectivity index (χ1n) is 5.68. The fraction of sp³-hybridized carbons (Fsp3) is 0.545. The Morgan fingerprint density at radius 1 is 1.47 bits per heavy atom. The molecule has 0 saturated carbocycles. The van der Waals surface area contributed by atoms with Gasteiger partial charge in [-0.15, -0.1) is 0 Å². The van der Waals surface area contributed by atoms with E-state index in [1.807, 2.05) is 18.2 Å². The highest BCUT2D eigenvalue weighted by Gasteiger charge is 2.25. The van der Waals surface area contributed by atoms with Crippen LogP contribution >= 0.6 is 0 Å². The Labute approximate surface area is 102 Å². The molecule has 0 aromatic carbocycles. The lowest BCUT2D eigenvalue weighted by atomic mass is 10.1. The average Bonchev–Trinajstić information content (AvgIpc) is 2.29. The normalized spacial score (nSPS) is 22.3. The van der Waals surface area contributed by atoms with Crippen molar-refractivity contribution in [2.24, 2.45) is 0 Å². The van der Waals surface area contributed by atoms with E-state index < -0.39 is 10.0 Å². The molecule has 1 aliphatic rings. The second kappa shape index (κ2) is 5.01. The molecule has 5 nitrogen and oxygen atoms in total. The lowest BCUT2D eigenvalue weighted by Gasteiger charge is -2.31. The number of nitrogens with zero attached hydrogens (tertiary/aromatic N) is 2. The molecule has 17 heavy (non-hydrogen) atoms. The molecule has 1 aromatic rings. The van der Waals surface area contributed by atoms with Gasteiger partial charge in [-0.2, -0.15) is 0 Å². The van der Waals surface area contributed by atoms with E-state index in [0.29, 0.717) is 13.1 Å². The first-order valence-corrected chi connectivity index (χ1v) is 7.53. The zero-order valence-corrected chi connectivity index (χ0v) is 10.7. The van der Waals surface area contributed by atoms with Crippen LogP contribution in [0.25, 0.3) is 0 Å². The quantitative estimate of drug-likeness (QED) is 0.872. The van der Waals surface area contributed by atoms with Crippen molar-refractivity contribution in [3.05, 3.63) is 24.4 Å². The standard InChI is InChI=1S/C11H17N3O2S/c1-17(15,16)14-8-4-5-10(9-14)13-11-6-2-3-7-12-11/h2-3,6-7,10H,4-5,8-9H2,1H3,(H,12,13). The number of piperidine rings is 1. The number of hydrogen-bond acceptors (Lipinski definition) is 4. The Morgan fingerprint density at radius 2 is 2.29 bits per heavy atom. The van der Waals surface area contributed by atoms with E-state index in [-0.39, 0.29) is 6.04 Å². The smallest absolute Gasteiger partial charge is 0.211 e. The van der Waals surface area contributed by atoms with Gasteiger partial charge in [-0.3, -0.25) is 0 Å². The summed E-state index contributed by atoms with van der Waals surface area (Å²) in [6, 6.07) is 5.80. The largest absolute Gasteiger partial charge is 0.366 e. The molecule has 0 radical (unpaired) electrons. The van der Waals surface area contributed by atoms with Gasteiger partial charge in [-0.05, 0) is 25.0 Å². The minimum Gasteiger partial charge on any atom is -0.366 e.